The standard InChI is InChI=1S/C19H13ClN2O3S/c20-14-5-3-12(4-6-14)9-21-18(25)16-11-26-19-15(17(16)24)8-13(10-22-19)2-1-7-23/h3-6,8,10-11,23H,7,9H2,(H,21,25). The average Bonchev–Trinajstić information content (AvgIpc) is 2.66. The number of carbonyl (C=O) groups is 1. The number of hydrogen-bond donors (Lipinski definition) is 2. The summed E-state index contributed by atoms with van der Waals surface area (Å²) >= 11 is 7.05. The van der Waals surface area contributed by atoms with E-state index >= 15 is 0 Å². The number of nitrogens with one attached hydrogen (secondary N) is 1. The van der Waals surface area contributed by atoms with E-state index in [-0.39, 0.29) is 12.2 Å². The molecule has 0 atom stereocenters. The van der Waals surface area contributed by atoms with E-state index in [1.807, 2.05) is 0 Å². The first-order valence-electron chi connectivity index (χ1n) is 7.62. The van der Waals surface area contributed by atoms with E-state index < -0.39 is 11.3 Å². The minimum Gasteiger partial charge on any atom is -0.384 e. The average molecular weight is 385 g/mol. The first kappa shape index (κ1) is 18.1. The number of hydrogen-bond acceptors (Lipinski definition) is 5. The molecule has 0 aliphatic rings. The molecule has 2 N–H and O–H groups in total. The van der Waals surface area contributed by atoms with Gasteiger partial charge in [-0.1, -0.05) is 35.6 Å². The number of fused-ring (bicyclic) bond motifs is 1. The summed E-state index contributed by atoms with van der Waals surface area (Å²) in [6.45, 7) is 0.0104. The van der Waals surface area contributed by atoms with Crippen LogP contribution in [0.25, 0.3) is 10.2 Å². The maximum Gasteiger partial charge on any atom is 0.256 e. The number of rotatable bonds is 3. The normalized spacial score (nSPS) is 10.2. The summed E-state index contributed by atoms with van der Waals surface area (Å²) < 4.78 is 0. The summed E-state index contributed by atoms with van der Waals surface area (Å²) in [7, 11) is 0. The molecule has 1 amide bonds. The van der Waals surface area contributed by atoms with Gasteiger partial charge in [-0.15, -0.1) is 11.3 Å². The summed E-state index contributed by atoms with van der Waals surface area (Å²) in [5.74, 6) is 4.76. The first-order valence-corrected chi connectivity index (χ1v) is 8.88. The highest BCUT2D eigenvalue weighted by Gasteiger charge is 2.14. The highest BCUT2D eigenvalue weighted by Crippen LogP contribution is 2.16. The van der Waals surface area contributed by atoms with Crippen LogP contribution in [0.4, 0.5) is 0 Å². The fourth-order valence-corrected chi connectivity index (χ4v) is 3.23. The molecule has 3 rings (SSSR count). The predicted molar refractivity (Wildman–Crippen MR) is 102 cm³/mol. The minimum absolute atomic E-state index is 0.0607. The molecule has 0 aliphatic carbocycles. The molecular formula is C19H13ClN2O3S. The third kappa shape index (κ3) is 4.09. The second-order valence-corrected chi connectivity index (χ2v) is 6.62. The van der Waals surface area contributed by atoms with E-state index in [0.29, 0.717) is 27.3 Å². The lowest BCUT2D eigenvalue weighted by atomic mass is 10.2. The molecule has 0 aliphatic heterocycles. The van der Waals surface area contributed by atoms with Gasteiger partial charge >= 0.3 is 0 Å². The molecule has 5 nitrogen and oxygen atoms in total. The molecule has 26 heavy (non-hydrogen) atoms. The van der Waals surface area contributed by atoms with Gasteiger partial charge in [-0.3, -0.25) is 9.59 Å². The minimum atomic E-state index is -0.449. The van der Waals surface area contributed by atoms with Crippen molar-refractivity contribution in [2.75, 3.05) is 6.61 Å². The zero-order valence-electron chi connectivity index (χ0n) is 13.5. The fourth-order valence-electron chi connectivity index (χ4n) is 2.27. The van der Waals surface area contributed by atoms with E-state index in [0.717, 1.165) is 5.56 Å². The highest BCUT2D eigenvalue weighted by atomic mass is 35.5. The molecule has 0 bridgehead atoms. The molecule has 0 fully saturated rings. The third-order valence-electron chi connectivity index (χ3n) is 3.55. The van der Waals surface area contributed by atoms with Crippen molar-refractivity contribution >= 4 is 39.1 Å². The van der Waals surface area contributed by atoms with Gasteiger partial charge in [-0.2, -0.15) is 0 Å². The van der Waals surface area contributed by atoms with Crippen LogP contribution in [0.5, 0.6) is 0 Å². The Bertz CT molecular complexity index is 1080. The Morgan fingerprint density at radius 1 is 1.31 bits per heavy atom. The van der Waals surface area contributed by atoms with Gasteiger partial charge in [0.25, 0.3) is 5.91 Å². The van der Waals surface area contributed by atoms with Crippen LogP contribution in [-0.2, 0) is 6.54 Å². The highest BCUT2D eigenvalue weighted by molar-refractivity contribution is 7.16. The maximum atomic E-state index is 12.6. The van der Waals surface area contributed by atoms with Crippen molar-refractivity contribution in [1.82, 2.24) is 10.3 Å². The lowest BCUT2D eigenvalue weighted by Crippen LogP contribution is -2.28. The van der Waals surface area contributed by atoms with E-state index in [2.05, 4.69) is 22.1 Å². The number of pyridine rings is 1. The van der Waals surface area contributed by atoms with E-state index in [9.17, 15) is 9.59 Å². The van der Waals surface area contributed by atoms with Gasteiger partial charge in [0.15, 0.2) is 0 Å². The number of amides is 1. The number of carbonyl (C=O) groups excluding carboxylic acids is 1. The molecule has 0 radical (unpaired) electrons. The van der Waals surface area contributed by atoms with Gasteiger partial charge in [0.05, 0.1) is 10.9 Å². The molecule has 1 aromatic carbocycles. The summed E-state index contributed by atoms with van der Waals surface area (Å²) in [5, 5.41) is 14.0. The fraction of sp³-hybridized carbons (Fsp3) is 0.105. The summed E-state index contributed by atoms with van der Waals surface area (Å²) in [6, 6.07) is 8.67. The molecule has 0 saturated heterocycles. The predicted octanol–water partition coefficient (Wildman–Crippen LogP) is 2.58. The van der Waals surface area contributed by atoms with Crippen LogP contribution in [0.1, 0.15) is 21.5 Å². The van der Waals surface area contributed by atoms with Crippen LogP contribution in [0, 0.1) is 11.8 Å². The van der Waals surface area contributed by atoms with Crippen LogP contribution < -0.4 is 10.7 Å². The molecule has 0 spiro atoms. The summed E-state index contributed by atoms with van der Waals surface area (Å²) in [6.07, 6.45) is 1.53. The smallest absolute Gasteiger partial charge is 0.256 e. The number of aliphatic hydroxyl groups is 1. The van der Waals surface area contributed by atoms with Crippen molar-refractivity contribution in [2.45, 2.75) is 6.54 Å². The van der Waals surface area contributed by atoms with E-state index in [1.54, 1.807) is 30.3 Å². The molecule has 130 valence electrons. The van der Waals surface area contributed by atoms with Crippen LogP contribution in [0.2, 0.25) is 5.02 Å². The third-order valence-corrected chi connectivity index (χ3v) is 4.71. The molecular weight excluding hydrogens is 372 g/mol. The van der Waals surface area contributed by atoms with Gasteiger partial charge in [-0.05, 0) is 23.8 Å². The SMILES string of the molecule is O=C(NCc1ccc(Cl)cc1)c1csc2ncc(C#CCO)cc2c1=O. The lowest BCUT2D eigenvalue weighted by molar-refractivity contribution is 0.0950. The number of benzene rings is 1. The Morgan fingerprint density at radius 2 is 2.08 bits per heavy atom. The van der Waals surface area contributed by atoms with Gasteiger partial charge in [-0.25, -0.2) is 4.98 Å². The maximum absolute atomic E-state index is 12.6. The Balaban J connectivity index is 1.86. The molecule has 7 heteroatoms. The Labute approximate surface area is 158 Å². The van der Waals surface area contributed by atoms with Crippen LogP contribution in [-0.4, -0.2) is 22.6 Å². The Hall–Kier alpha value is -2.72. The van der Waals surface area contributed by atoms with Crippen molar-refractivity contribution in [2.24, 2.45) is 0 Å². The van der Waals surface area contributed by atoms with Gasteiger partial charge in [0.1, 0.15) is 11.4 Å². The Morgan fingerprint density at radius 3 is 2.81 bits per heavy atom. The molecule has 2 aromatic heterocycles. The summed E-state index contributed by atoms with van der Waals surface area (Å²) in [5.41, 5.74) is 1.05. The number of aromatic nitrogens is 1. The molecule has 2 heterocycles. The van der Waals surface area contributed by atoms with Crippen molar-refractivity contribution in [1.29, 1.82) is 0 Å². The van der Waals surface area contributed by atoms with Crippen molar-refractivity contribution in [3.63, 3.8) is 0 Å². The van der Waals surface area contributed by atoms with Crippen molar-refractivity contribution < 1.29 is 9.90 Å². The monoisotopic (exact) mass is 384 g/mol. The van der Waals surface area contributed by atoms with Gasteiger partial charge < -0.3 is 10.4 Å². The molecule has 0 saturated carbocycles. The topological polar surface area (TPSA) is 79.3 Å². The van der Waals surface area contributed by atoms with Crippen LogP contribution >= 0.6 is 22.9 Å². The summed E-state index contributed by atoms with van der Waals surface area (Å²) in [4.78, 5) is 29.8. The van der Waals surface area contributed by atoms with Crippen LogP contribution in [0.3, 0.4) is 0 Å². The zero-order valence-corrected chi connectivity index (χ0v) is 15.0. The van der Waals surface area contributed by atoms with Crippen LogP contribution in [0.15, 0.2) is 46.7 Å². The number of nitrogens with zero attached hydrogens (tertiary/aromatic N) is 1. The van der Waals surface area contributed by atoms with Crippen molar-refractivity contribution in [3.05, 3.63) is 73.8 Å². The number of aliphatic hydroxyl groups excluding tert-OH is 1. The number of halogens is 1. The molecule has 3 aromatic rings. The first-order chi connectivity index (χ1) is 12.6. The van der Waals surface area contributed by atoms with E-state index in [4.69, 9.17) is 16.7 Å². The zero-order chi connectivity index (χ0) is 18.5. The molecule has 0 unspecified atom stereocenters. The van der Waals surface area contributed by atoms with Crippen molar-refractivity contribution in [3.8, 4) is 11.8 Å². The largest absolute Gasteiger partial charge is 0.384 e. The second kappa shape index (κ2) is 8.11. The lowest BCUT2D eigenvalue weighted by Gasteiger charge is -2.06. The van der Waals surface area contributed by atoms with E-state index in [1.165, 1.54) is 22.9 Å². The van der Waals surface area contributed by atoms with Gasteiger partial charge in [0, 0.05) is 28.7 Å². The second-order valence-electron chi connectivity index (χ2n) is 5.32. The Kier molecular flexibility index (Phi) is 5.64. The van der Waals surface area contributed by atoms with Gasteiger partial charge in [0.2, 0.25) is 5.43 Å². The quantitative estimate of drug-likeness (QED) is 0.680.